The predicted molar refractivity (Wildman–Crippen MR) is 59.5 cm³/mol. The number of nitrogens with one attached hydrogen (secondary N) is 1. The molecule has 0 saturated heterocycles. The average Bonchev–Trinajstić information content (AvgIpc) is 2.19. The molecule has 2 nitrogen and oxygen atoms in total. The third-order valence-corrected chi connectivity index (χ3v) is 2.39. The minimum absolute atomic E-state index is 0.677. The van der Waals surface area contributed by atoms with E-state index in [-0.39, 0.29) is 0 Å². The molecular formula is C11H11ClN2. The van der Waals surface area contributed by atoms with Gasteiger partial charge in [0.2, 0.25) is 5.12 Å². The van der Waals surface area contributed by atoms with Crippen LogP contribution in [0.2, 0.25) is 0 Å². The Morgan fingerprint density at radius 3 is 2.71 bits per heavy atom. The van der Waals surface area contributed by atoms with Crippen molar-refractivity contribution in [3.05, 3.63) is 48.2 Å². The third-order valence-electron chi connectivity index (χ3n) is 2.05. The highest BCUT2D eigenvalue weighted by atomic mass is 35.5. The second-order valence-electron chi connectivity index (χ2n) is 3.20. The van der Waals surface area contributed by atoms with Crippen LogP contribution in [0.5, 0.6) is 0 Å². The summed E-state index contributed by atoms with van der Waals surface area (Å²) in [6.45, 7) is 0. The molecule has 0 aliphatic carbocycles. The van der Waals surface area contributed by atoms with Gasteiger partial charge in [-0.25, -0.2) is 4.99 Å². The molecule has 1 aromatic rings. The summed E-state index contributed by atoms with van der Waals surface area (Å²) in [5.74, 6) is 0. The first-order valence-corrected chi connectivity index (χ1v) is 4.87. The SMILES string of the molecule is ClC1(Cc2ccccc2)N=CC=CN1. The minimum atomic E-state index is -0.712. The molecule has 1 aliphatic heterocycles. The van der Waals surface area contributed by atoms with Crippen LogP contribution in [0, 0.1) is 0 Å². The van der Waals surface area contributed by atoms with Gasteiger partial charge < -0.3 is 5.32 Å². The molecule has 0 bridgehead atoms. The molecule has 2 rings (SSSR count). The van der Waals surface area contributed by atoms with Crippen molar-refractivity contribution >= 4 is 17.8 Å². The summed E-state index contributed by atoms with van der Waals surface area (Å²) in [7, 11) is 0. The van der Waals surface area contributed by atoms with Gasteiger partial charge in [-0.2, -0.15) is 0 Å². The van der Waals surface area contributed by atoms with Crippen molar-refractivity contribution in [2.24, 2.45) is 4.99 Å². The Bertz CT molecular complexity index is 359. The zero-order chi connectivity index (χ0) is 9.86. The fourth-order valence-corrected chi connectivity index (χ4v) is 1.65. The van der Waals surface area contributed by atoms with Crippen molar-refractivity contribution in [1.29, 1.82) is 0 Å². The molecule has 0 amide bonds. The molecule has 0 spiro atoms. The first kappa shape index (κ1) is 9.28. The molecule has 1 aromatic carbocycles. The molecular weight excluding hydrogens is 196 g/mol. The van der Waals surface area contributed by atoms with Crippen molar-refractivity contribution in [3.8, 4) is 0 Å². The van der Waals surface area contributed by atoms with Gasteiger partial charge in [-0.05, 0) is 11.6 Å². The number of allylic oxidation sites excluding steroid dienone is 1. The van der Waals surface area contributed by atoms with Gasteiger partial charge in [-0.3, -0.25) is 0 Å². The maximum absolute atomic E-state index is 6.25. The number of alkyl halides is 1. The lowest BCUT2D eigenvalue weighted by molar-refractivity contribution is 0.537. The smallest absolute Gasteiger partial charge is 0.209 e. The number of nitrogens with zero attached hydrogens (tertiary/aromatic N) is 1. The summed E-state index contributed by atoms with van der Waals surface area (Å²) in [4.78, 5) is 4.20. The minimum Gasteiger partial charge on any atom is -0.355 e. The van der Waals surface area contributed by atoms with Crippen molar-refractivity contribution in [2.75, 3.05) is 0 Å². The van der Waals surface area contributed by atoms with Crippen molar-refractivity contribution in [3.63, 3.8) is 0 Å². The monoisotopic (exact) mass is 206 g/mol. The lowest BCUT2D eigenvalue weighted by Crippen LogP contribution is -2.38. The quantitative estimate of drug-likeness (QED) is 0.583. The van der Waals surface area contributed by atoms with Crippen LogP contribution in [-0.2, 0) is 6.42 Å². The van der Waals surface area contributed by atoms with Crippen molar-refractivity contribution in [1.82, 2.24) is 5.32 Å². The fraction of sp³-hybridized carbons (Fsp3) is 0.182. The van der Waals surface area contributed by atoms with Gasteiger partial charge in [0.15, 0.2) is 0 Å². The summed E-state index contributed by atoms with van der Waals surface area (Å²) in [5, 5.41) is 2.32. The number of benzene rings is 1. The van der Waals surface area contributed by atoms with Crippen LogP contribution in [0.4, 0.5) is 0 Å². The van der Waals surface area contributed by atoms with E-state index in [4.69, 9.17) is 11.6 Å². The zero-order valence-corrected chi connectivity index (χ0v) is 8.41. The van der Waals surface area contributed by atoms with Gasteiger partial charge in [-0.1, -0.05) is 41.9 Å². The van der Waals surface area contributed by atoms with E-state index in [0.717, 1.165) is 0 Å². The van der Waals surface area contributed by atoms with E-state index in [1.807, 2.05) is 42.6 Å². The van der Waals surface area contributed by atoms with Gasteiger partial charge in [-0.15, -0.1) is 0 Å². The Labute approximate surface area is 88.3 Å². The summed E-state index contributed by atoms with van der Waals surface area (Å²) in [6, 6.07) is 10.1. The average molecular weight is 207 g/mol. The second kappa shape index (κ2) is 3.84. The first-order chi connectivity index (χ1) is 6.79. The van der Waals surface area contributed by atoms with E-state index in [1.165, 1.54) is 5.56 Å². The van der Waals surface area contributed by atoms with Crippen LogP contribution >= 0.6 is 11.6 Å². The first-order valence-electron chi connectivity index (χ1n) is 4.49. The molecule has 1 unspecified atom stereocenters. The van der Waals surface area contributed by atoms with Crippen molar-refractivity contribution in [2.45, 2.75) is 11.5 Å². The molecule has 0 radical (unpaired) electrons. The van der Waals surface area contributed by atoms with Crippen molar-refractivity contribution < 1.29 is 0 Å². The summed E-state index contributed by atoms with van der Waals surface area (Å²) in [6.07, 6.45) is 6.03. The highest BCUT2D eigenvalue weighted by Gasteiger charge is 2.25. The van der Waals surface area contributed by atoms with Gasteiger partial charge in [0.25, 0.3) is 0 Å². The topological polar surface area (TPSA) is 24.4 Å². The number of hydrogen-bond donors (Lipinski definition) is 1. The van der Waals surface area contributed by atoms with Crippen LogP contribution in [0.25, 0.3) is 0 Å². The van der Waals surface area contributed by atoms with Crippen LogP contribution in [0.1, 0.15) is 5.56 Å². The molecule has 14 heavy (non-hydrogen) atoms. The van der Waals surface area contributed by atoms with E-state index >= 15 is 0 Å². The van der Waals surface area contributed by atoms with Crippen LogP contribution in [0.15, 0.2) is 47.6 Å². The van der Waals surface area contributed by atoms with Crippen LogP contribution in [0.3, 0.4) is 0 Å². The van der Waals surface area contributed by atoms with E-state index < -0.39 is 5.12 Å². The summed E-state index contributed by atoms with van der Waals surface area (Å²) in [5.41, 5.74) is 1.17. The Morgan fingerprint density at radius 2 is 2.07 bits per heavy atom. The molecule has 0 saturated carbocycles. The molecule has 72 valence electrons. The van der Waals surface area contributed by atoms with Crippen LogP contribution < -0.4 is 5.32 Å². The van der Waals surface area contributed by atoms with Crippen LogP contribution in [-0.4, -0.2) is 11.3 Å². The highest BCUT2D eigenvalue weighted by molar-refractivity contribution is 6.24. The summed E-state index contributed by atoms with van der Waals surface area (Å²) >= 11 is 6.25. The Balaban J connectivity index is 2.11. The Kier molecular flexibility index (Phi) is 2.55. The lowest BCUT2D eigenvalue weighted by Gasteiger charge is -2.24. The number of halogens is 1. The molecule has 3 heteroatoms. The number of rotatable bonds is 2. The number of hydrogen-bond acceptors (Lipinski definition) is 2. The molecule has 0 fully saturated rings. The van der Waals surface area contributed by atoms with Gasteiger partial charge in [0.1, 0.15) is 0 Å². The standard InChI is InChI=1S/C11H11ClN2/c12-11(13-7-4-8-14-11)9-10-5-2-1-3-6-10/h1-8,13H,9H2. The fourth-order valence-electron chi connectivity index (χ4n) is 1.38. The van der Waals surface area contributed by atoms with E-state index in [0.29, 0.717) is 6.42 Å². The van der Waals surface area contributed by atoms with Gasteiger partial charge in [0.05, 0.1) is 0 Å². The highest BCUT2D eigenvalue weighted by Crippen LogP contribution is 2.20. The van der Waals surface area contributed by atoms with E-state index in [2.05, 4.69) is 10.3 Å². The summed E-state index contributed by atoms with van der Waals surface area (Å²) < 4.78 is 0. The number of aliphatic imine (C=N–C) groups is 1. The van der Waals surface area contributed by atoms with Gasteiger partial charge >= 0.3 is 0 Å². The normalized spacial score (nSPS) is 24.6. The molecule has 1 atom stereocenters. The van der Waals surface area contributed by atoms with E-state index in [1.54, 1.807) is 6.21 Å². The molecule has 1 heterocycles. The maximum Gasteiger partial charge on any atom is 0.209 e. The van der Waals surface area contributed by atoms with E-state index in [9.17, 15) is 0 Å². The maximum atomic E-state index is 6.25. The predicted octanol–water partition coefficient (Wildman–Crippen LogP) is 2.31. The zero-order valence-electron chi connectivity index (χ0n) is 7.65. The second-order valence-corrected chi connectivity index (χ2v) is 3.83. The largest absolute Gasteiger partial charge is 0.355 e. The Hall–Kier alpha value is -1.28. The van der Waals surface area contributed by atoms with Gasteiger partial charge in [0, 0.05) is 18.8 Å². The molecule has 0 aromatic heterocycles. The third kappa shape index (κ3) is 2.15. The lowest BCUT2D eigenvalue weighted by atomic mass is 10.1. The Morgan fingerprint density at radius 1 is 1.29 bits per heavy atom. The molecule has 1 N–H and O–H groups in total. The molecule has 1 aliphatic rings.